The number of pyridine rings is 1. The lowest BCUT2D eigenvalue weighted by atomic mass is 9.78. The average Bonchev–Trinajstić information content (AvgIpc) is 2.30. The standard InChI is InChI=1S/C13H18N2O/c1-10-6-11(8-12(7-10)15-9-16)13-4-2-3-5-14-13/h2-5,9-12H,6-8H2,1H3,(H,15,16). The molecule has 0 aromatic carbocycles. The van der Waals surface area contributed by atoms with E-state index in [1.54, 1.807) is 0 Å². The quantitative estimate of drug-likeness (QED) is 0.789. The van der Waals surface area contributed by atoms with Gasteiger partial charge in [0.25, 0.3) is 0 Å². The van der Waals surface area contributed by atoms with E-state index in [-0.39, 0.29) is 0 Å². The van der Waals surface area contributed by atoms with Gasteiger partial charge in [0.05, 0.1) is 0 Å². The molecule has 16 heavy (non-hydrogen) atoms. The van der Waals surface area contributed by atoms with E-state index in [1.807, 2.05) is 18.3 Å². The maximum absolute atomic E-state index is 10.5. The normalized spacial score (nSPS) is 29.7. The lowest BCUT2D eigenvalue weighted by molar-refractivity contribution is -0.110. The van der Waals surface area contributed by atoms with Crippen molar-refractivity contribution in [2.45, 2.75) is 38.1 Å². The first-order valence-electron chi connectivity index (χ1n) is 5.90. The van der Waals surface area contributed by atoms with Crippen molar-refractivity contribution >= 4 is 6.41 Å². The minimum Gasteiger partial charge on any atom is -0.356 e. The monoisotopic (exact) mass is 218 g/mol. The second-order valence-electron chi connectivity index (χ2n) is 4.75. The molecule has 0 spiro atoms. The molecule has 1 saturated carbocycles. The fraction of sp³-hybridized carbons (Fsp3) is 0.538. The molecule has 0 radical (unpaired) electrons. The Kier molecular flexibility index (Phi) is 3.54. The SMILES string of the molecule is CC1CC(NC=O)CC(c2ccccn2)C1. The molecule has 3 nitrogen and oxygen atoms in total. The topological polar surface area (TPSA) is 42.0 Å². The van der Waals surface area contributed by atoms with Crippen LogP contribution in [0.4, 0.5) is 0 Å². The summed E-state index contributed by atoms with van der Waals surface area (Å²) in [5.74, 6) is 1.14. The van der Waals surface area contributed by atoms with Crippen LogP contribution in [0.15, 0.2) is 24.4 Å². The largest absolute Gasteiger partial charge is 0.356 e. The van der Waals surface area contributed by atoms with Crippen molar-refractivity contribution in [2.75, 3.05) is 0 Å². The highest BCUT2D eigenvalue weighted by Crippen LogP contribution is 2.34. The molecular weight excluding hydrogens is 200 g/mol. The van der Waals surface area contributed by atoms with E-state index in [4.69, 9.17) is 0 Å². The van der Waals surface area contributed by atoms with Crippen molar-refractivity contribution in [3.05, 3.63) is 30.1 Å². The summed E-state index contributed by atoms with van der Waals surface area (Å²) < 4.78 is 0. The number of hydrogen-bond donors (Lipinski definition) is 1. The Morgan fingerprint density at radius 1 is 1.38 bits per heavy atom. The fourth-order valence-corrected chi connectivity index (χ4v) is 2.69. The van der Waals surface area contributed by atoms with Crippen molar-refractivity contribution < 1.29 is 4.79 Å². The predicted molar refractivity (Wildman–Crippen MR) is 63.0 cm³/mol. The lowest BCUT2D eigenvalue weighted by Gasteiger charge is -2.32. The molecule has 3 unspecified atom stereocenters. The Labute approximate surface area is 96.3 Å². The molecule has 0 bridgehead atoms. The van der Waals surface area contributed by atoms with Crippen LogP contribution in [-0.2, 0) is 4.79 Å². The third-order valence-electron chi connectivity index (χ3n) is 3.35. The van der Waals surface area contributed by atoms with Crippen LogP contribution >= 0.6 is 0 Å². The molecular formula is C13H18N2O. The van der Waals surface area contributed by atoms with Gasteiger partial charge in [-0.2, -0.15) is 0 Å². The highest BCUT2D eigenvalue weighted by atomic mass is 16.1. The predicted octanol–water partition coefficient (Wildman–Crippen LogP) is 2.10. The van der Waals surface area contributed by atoms with Crippen LogP contribution < -0.4 is 5.32 Å². The van der Waals surface area contributed by atoms with Crippen LogP contribution in [0, 0.1) is 5.92 Å². The number of amides is 1. The van der Waals surface area contributed by atoms with Crippen LogP contribution in [0.3, 0.4) is 0 Å². The van der Waals surface area contributed by atoms with E-state index in [1.165, 1.54) is 6.42 Å². The molecule has 0 saturated heterocycles. The second-order valence-corrected chi connectivity index (χ2v) is 4.75. The Bertz CT molecular complexity index is 339. The third kappa shape index (κ3) is 2.60. The Balaban J connectivity index is 2.07. The average molecular weight is 218 g/mol. The molecule has 0 aliphatic heterocycles. The van der Waals surface area contributed by atoms with Crippen LogP contribution in [0.1, 0.15) is 37.8 Å². The molecule has 1 aromatic heterocycles. The van der Waals surface area contributed by atoms with Gasteiger partial charge in [0.1, 0.15) is 0 Å². The summed E-state index contributed by atoms with van der Waals surface area (Å²) in [5, 5.41) is 2.91. The molecule has 1 fully saturated rings. The van der Waals surface area contributed by atoms with Gasteiger partial charge in [0.2, 0.25) is 6.41 Å². The summed E-state index contributed by atoms with van der Waals surface area (Å²) in [4.78, 5) is 14.9. The number of nitrogens with one attached hydrogen (secondary N) is 1. The summed E-state index contributed by atoms with van der Waals surface area (Å²) in [6.07, 6.45) is 5.94. The summed E-state index contributed by atoms with van der Waals surface area (Å²) >= 11 is 0. The van der Waals surface area contributed by atoms with Crippen molar-refractivity contribution in [1.82, 2.24) is 10.3 Å². The summed E-state index contributed by atoms with van der Waals surface area (Å²) in [6, 6.07) is 6.37. The number of aromatic nitrogens is 1. The zero-order chi connectivity index (χ0) is 11.4. The van der Waals surface area contributed by atoms with Crippen molar-refractivity contribution in [3.8, 4) is 0 Å². The smallest absolute Gasteiger partial charge is 0.207 e. The van der Waals surface area contributed by atoms with Gasteiger partial charge in [-0.25, -0.2) is 0 Å². The van der Waals surface area contributed by atoms with Crippen LogP contribution in [0.2, 0.25) is 0 Å². The summed E-state index contributed by atoms with van der Waals surface area (Å²) in [7, 11) is 0. The van der Waals surface area contributed by atoms with E-state index in [2.05, 4.69) is 23.3 Å². The van der Waals surface area contributed by atoms with Crippen molar-refractivity contribution in [3.63, 3.8) is 0 Å². The summed E-state index contributed by atoms with van der Waals surface area (Å²) in [6.45, 7) is 2.24. The molecule has 1 aliphatic rings. The maximum atomic E-state index is 10.5. The van der Waals surface area contributed by atoms with E-state index >= 15 is 0 Å². The summed E-state index contributed by atoms with van der Waals surface area (Å²) in [5.41, 5.74) is 1.16. The highest BCUT2D eigenvalue weighted by molar-refractivity contribution is 5.46. The first-order chi connectivity index (χ1) is 7.79. The molecule has 1 heterocycles. The molecule has 2 rings (SSSR count). The number of nitrogens with zero attached hydrogens (tertiary/aromatic N) is 1. The van der Waals surface area contributed by atoms with E-state index in [9.17, 15) is 4.79 Å². The zero-order valence-electron chi connectivity index (χ0n) is 9.60. The minimum absolute atomic E-state index is 0.313. The van der Waals surface area contributed by atoms with Gasteiger partial charge in [0.15, 0.2) is 0 Å². The third-order valence-corrected chi connectivity index (χ3v) is 3.35. The fourth-order valence-electron chi connectivity index (χ4n) is 2.69. The molecule has 1 N–H and O–H groups in total. The Hall–Kier alpha value is -1.38. The van der Waals surface area contributed by atoms with Gasteiger partial charge >= 0.3 is 0 Å². The number of rotatable bonds is 3. The second kappa shape index (κ2) is 5.10. The van der Waals surface area contributed by atoms with Gasteiger partial charge < -0.3 is 5.32 Å². The molecule has 1 aromatic rings. The Morgan fingerprint density at radius 3 is 2.94 bits per heavy atom. The number of hydrogen-bond acceptors (Lipinski definition) is 2. The molecule has 1 aliphatic carbocycles. The molecule has 1 amide bonds. The van der Waals surface area contributed by atoms with Crippen LogP contribution in [0.5, 0.6) is 0 Å². The van der Waals surface area contributed by atoms with Gasteiger partial charge in [-0.05, 0) is 37.3 Å². The first-order valence-corrected chi connectivity index (χ1v) is 5.90. The van der Waals surface area contributed by atoms with Crippen LogP contribution in [-0.4, -0.2) is 17.4 Å². The van der Waals surface area contributed by atoms with Gasteiger partial charge in [-0.1, -0.05) is 13.0 Å². The Morgan fingerprint density at radius 2 is 2.25 bits per heavy atom. The van der Waals surface area contributed by atoms with Crippen molar-refractivity contribution in [2.24, 2.45) is 5.92 Å². The van der Waals surface area contributed by atoms with E-state index in [0.29, 0.717) is 17.9 Å². The minimum atomic E-state index is 0.313. The van der Waals surface area contributed by atoms with E-state index < -0.39 is 0 Å². The molecule has 86 valence electrons. The number of carbonyl (C=O) groups excluding carboxylic acids is 1. The highest BCUT2D eigenvalue weighted by Gasteiger charge is 2.27. The van der Waals surface area contributed by atoms with Gasteiger partial charge in [-0.15, -0.1) is 0 Å². The van der Waals surface area contributed by atoms with Gasteiger partial charge in [-0.3, -0.25) is 9.78 Å². The number of carbonyl (C=O) groups is 1. The first kappa shape index (κ1) is 11.1. The van der Waals surface area contributed by atoms with Crippen LogP contribution in [0.25, 0.3) is 0 Å². The zero-order valence-corrected chi connectivity index (χ0v) is 9.60. The van der Waals surface area contributed by atoms with Gasteiger partial charge in [0, 0.05) is 23.9 Å². The van der Waals surface area contributed by atoms with Crippen molar-refractivity contribution in [1.29, 1.82) is 0 Å². The molecule has 3 atom stereocenters. The maximum Gasteiger partial charge on any atom is 0.207 e. The van der Waals surface area contributed by atoms with E-state index in [0.717, 1.165) is 24.9 Å². The lowest BCUT2D eigenvalue weighted by Crippen LogP contribution is -2.35. The molecule has 3 heteroatoms.